The molecule has 0 bridgehead atoms. The summed E-state index contributed by atoms with van der Waals surface area (Å²) in [6.07, 6.45) is 3.14. The zero-order valence-electron chi connectivity index (χ0n) is 11.7. The minimum absolute atomic E-state index is 0.0341. The molecule has 1 aliphatic rings. The second-order valence-corrected chi connectivity index (χ2v) is 5.66. The van der Waals surface area contributed by atoms with Crippen molar-refractivity contribution >= 4 is 29.4 Å². The third kappa shape index (κ3) is 2.81. The van der Waals surface area contributed by atoms with Crippen LogP contribution in [0.2, 0.25) is 5.02 Å². The summed E-state index contributed by atoms with van der Waals surface area (Å²) in [6, 6.07) is 12.0. The lowest BCUT2D eigenvalue weighted by atomic mass is 9.85. The van der Waals surface area contributed by atoms with Gasteiger partial charge < -0.3 is 5.11 Å². The number of aromatic carboxylic acids is 1. The van der Waals surface area contributed by atoms with Crippen LogP contribution in [0, 0.1) is 0 Å². The van der Waals surface area contributed by atoms with Crippen LogP contribution in [0.1, 0.15) is 38.3 Å². The number of carbonyl (C=O) groups excluding carboxylic acids is 1. The molecule has 1 aliphatic carbocycles. The second kappa shape index (κ2) is 5.78. The Morgan fingerprint density at radius 1 is 1.09 bits per heavy atom. The molecule has 0 saturated heterocycles. The van der Waals surface area contributed by atoms with Gasteiger partial charge in [-0.05, 0) is 60.4 Å². The van der Waals surface area contributed by atoms with Gasteiger partial charge in [-0.25, -0.2) is 4.79 Å². The van der Waals surface area contributed by atoms with E-state index in [1.165, 1.54) is 6.07 Å². The predicted octanol–water partition coefficient (Wildman–Crippen LogP) is 4.25. The van der Waals surface area contributed by atoms with Crippen molar-refractivity contribution in [3.8, 4) is 0 Å². The van der Waals surface area contributed by atoms with Crippen molar-refractivity contribution < 1.29 is 14.7 Å². The highest BCUT2D eigenvalue weighted by Crippen LogP contribution is 2.27. The van der Waals surface area contributed by atoms with Crippen molar-refractivity contribution in [2.75, 3.05) is 0 Å². The summed E-state index contributed by atoms with van der Waals surface area (Å²) < 4.78 is 0. The largest absolute Gasteiger partial charge is 0.478 e. The molecule has 0 radical (unpaired) electrons. The highest BCUT2D eigenvalue weighted by atomic mass is 35.5. The summed E-state index contributed by atoms with van der Waals surface area (Å²) in [4.78, 5) is 23.5. The standard InChI is InChI=1S/C18H13ClO3/c19-15-6-1-11(2-7-15)9-13-4-3-12-10-14(18(21)22)5-8-16(12)17(13)20/h1-2,5-10H,3-4H2,(H,21,22). The van der Waals surface area contributed by atoms with Gasteiger partial charge in [-0.3, -0.25) is 4.79 Å². The number of carboxylic acids is 1. The first kappa shape index (κ1) is 14.5. The fraction of sp³-hybridized carbons (Fsp3) is 0.111. The molecule has 0 heterocycles. The van der Waals surface area contributed by atoms with Gasteiger partial charge in [0.15, 0.2) is 5.78 Å². The van der Waals surface area contributed by atoms with Gasteiger partial charge in [-0.2, -0.15) is 0 Å². The Labute approximate surface area is 132 Å². The van der Waals surface area contributed by atoms with E-state index in [1.807, 2.05) is 18.2 Å². The van der Waals surface area contributed by atoms with Gasteiger partial charge >= 0.3 is 5.97 Å². The van der Waals surface area contributed by atoms with Crippen LogP contribution in [0.4, 0.5) is 0 Å². The first-order valence-corrected chi connectivity index (χ1v) is 7.29. The normalized spacial score (nSPS) is 15.7. The van der Waals surface area contributed by atoms with Crippen LogP contribution in [-0.4, -0.2) is 16.9 Å². The fourth-order valence-electron chi connectivity index (χ4n) is 2.61. The van der Waals surface area contributed by atoms with E-state index >= 15 is 0 Å². The van der Waals surface area contributed by atoms with Crippen LogP contribution in [0.25, 0.3) is 6.08 Å². The zero-order chi connectivity index (χ0) is 15.7. The van der Waals surface area contributed by atoms with E-state index in [9.17, 15) is 9.59 Å². The maximum Gasteiger partial charge on any atom is 0.335 e. The summed E-state index contributed by atoms with van der Waals surface area (Å²) in [5.41, 5.74) is 3.28. The quantitative estimate of drug-likeness (QED) is 0.843. The van der Waals surface area contributed by atoms with E-state index in [0.29, 0.717) is 23.4 Å². The van der Waals surface area contributed by atoms with E-state index in [-0.39, 0.29) is 11.3 Å². The smallest absolute Gasteiger partial charge is 0.335 e. The van der Waals surface area contributed by atoms with Crippen LogP contribution in [0.3, 0.4) is 0 Å². The van der Waals surface area contributed by atoms with E-state index < -0.39 is 5.97 Å². The Morgan fingerprint density at radius 2 is 1.82 bits per heavy atom. The topological polar surface area (TPSA) is 54.4 Å². The highest BCUT2D eigenvalue weighted by Gasteiger charge is 2.22. The summed E-state index contributed by atoms with van der Waals surface area (Å²) in [6.45, 7) is 0. The number of fused-ring (bicyclic) bond motifs is 1. The molecule has 0 fully saturated rings. The molecule has 0 aliphatic heterocycles. The van der Waals surface area contributed by atoms with E-state index in [2.05, 4.69) is 0 Å². The van der Waals surface area contributed by atoms with Gasteiger partial charge in [0.25, 0.3) is 0 Å². The number of Topliss-reactive ketones (excluding diaryl/α,β-unsaturated/α-hetero) is 1. The third-order valence-corrected chi connectivity index (χ3v) is 4.02. The van der Waals surface area contributed by atoms with Crippen LogP contribution < -0.4 is 0 Å². The Bertz CT molecular complexity index is 788. The summed E-state index contributed by atoms with van der Waals surface area (Å²) in [5, 5.41) is 9.67. The monoisotopic (exact) mass is 312 g/mol. The Balaban J connectivity index is 1.94. The number of hydrogen-bond acceptors (Lipinski definition) is 2. The molecule has 0 spiro atoms. The molecule has 0 atom stereocenters. The first-order valence-electron chi connectivity index (χ1n) is 6.91. The minimum Gasteiger partial charge on any atom is -0.478 e. The van der Waals surface area contributed by atoms with Crippen molar-refractivity contribution in [1.29, 1.82) is 0 Å². The van der Waals surface area contributed by atoms with Crippen molar-refractivity contribution in [3.63, 3.8) is 0 Å². The van der Waals surface area contributed by atoms with E-state index in [0.717, 1.165) is 16.7 Å². The van der Waals surface area contributed by atoms with Gasteiger partial charge in [0.05, 0.1) is 5.56 Å². The van der Waals surface area contributed by atoms with Crippen molar-refractivity contribution in [2.45, 2.75) is 12.8 Å². The molecule has 0 aromatic heterocycles. The summed E-state index contributed by atoms with van der Waals surface area (Å²) in [7, 11) is 0. The SMILES string of the molecule is O=C(O)c1ccc2c(c1)CCC(=Cc1ccc(Cl)cc1)C2=O. The molecule has 22 heavy (non-hydrogen) atoms. The molecule has 110 valence electrons. The van der Waals surface area contributed by atoms with Crippen LogP contribution in [-0.2, 0) is 6.42 Å². The molecular formula is C18H13ClO3. The molecule has 0 saturated carbocycles. The maximum absolute atomic E-state index is 12.5. The van der Waals surface area contributed by atoms with Crippen LogP contribution in [0.15, 0.2) is 48.0 Å². The van der Waals surface area contributed by atoms with Crippen LogP contribution in [0.5, 0.6) is 0 Å². The fourth-order valence-corrected chi connectivity index (χ4v) is 2.73. The number of hydrogen-bond donors (Lipinski definition) is 1. The number of carbonyl (C=O) groups is 2. The average molecular weight is 313 g/mol. The van der Waals surface area contributed by atoms with Crippen molar-refractivity contribution in [2.24, 2.45) is 0 Å². The van der Waals surface area contributed by atoms with Gasteiger partial charge in [0.2, 0.25) is 0 Å². The maximum atomic E-state index is 12.5. The molecule has 3 nitrogen and oxygen atoms in total. The molecule has 2 aromatic carbocycles. The molecule has 0 unspecified atom stereocenters. The number of aryl methyl sites for hydroxylation is 1. The number of allylic oxidation sites excluding steroid dienone is 1. The lowest BCUT2D eigenvalue weighted by Gasteiger charge is -2.18. The van der Waals surface area contributed by atoms with Gasteiger partial charge in [-0.15, -0.1) is 0 Å². The van der Waals surface area contributed by atoms with Gasteiger partial charge in [-0.1, -0.05) is 23.7 Å². The first-order chi connectivity index (χ1) is 10.5. The summed E-state index contributed by atoms with van der Waals surface area (Å²) in [5.74, 6) is -1.01. The number of carboxylic acid groups (broad SMARTS) is 1. The molecule has 2 aromatic rings. The molecular weight excluding hydrogens is 300 g/mol. The lowest BCUT2D eigenvalue weighted by molar-refractivity contribution is 0.0696. The average Bonchev–Trinajstić information content (AvgIpc) is 2.52. The number of halogens is 1. The van der Waals surface area contributed by atoms with Gasteiger partial charge in [0.1, 0.15) is 0 Å². The molecule has 3 rings (SSSR count). The Hall–Kier alpha value is -2.39. The van der Waals surface area contributed by atoms with Crippen molar-refractivity contribution in [1.82, 2.24) is 0 Å². The number of rotatable bonds is 2. The lowest BCUT2D eigenvalue weighted by Crippen LogP contribution is -2.15. The Kier molecular flexibility index (Phi) is 3.82. The number of ketones is 1. The molecule has 0 amide bonds. The van der Waals surface area contributed by atoms with E-state index in [4.69, 9.17) is 16.7 Å². The molecule has 1 N–H and O–H groups in total. The highest BCUT2D eigenvalue weighted by molar-refractivity contribution is 6.30. The second-order valence-electron chi connectivity index (χ2n) is 5.23. The van der Waals surface area contributed by atoms with Crippen molar-refractivity contribution in [3.05, 3.63) is 75.3 Å². The summed E-state index contributed by atoms with van der Waals surface area (Å²) >= 11 is 5.85. The Morgan fingerprint density at radius 3 is 2.50 bits per heavy atom. The van der Waals surface area contributed by atoms with Crippen LogP contribution >= 0.6 is 11.6 Å². The zero-order valence-corrected chi connectivity index (χ0v) is 12.4. The predicted molar refractivity (Wildman–Crippen MR) is 85.5 cm³/mol. The number of benzene rings is 2. The van der Waals surface area contributed by atoms with E-state index in [1.54, 1.807) is 24.3 Å². The third-order valence-electron chi connectivity index (χ3n) is 3.76. The minimum atomic E-state index is -0.974. The molecule has 4 heteroatoms. The van der Waals surface area contributed by atoms with Gasteiger partial charge in [0, 0.05) is 16.2 Å².